The molecule has 106 valence electrons. The summed E-state index contributed by atoms with van der Waals surface area (Å²) < 4.78 is 0. The first kappa shape index (κ1) is 14.7. The normalized spacial score (nSPS) is 25.4. The van der Waals surface area contributed by atoms with E-state index >= 15 is 0 Å². The molecule has 0 spiro atoms. The number of hydrogen-bond acceptors (Lipinski definition) is 3. The Morgan fingerprint density at radius 3 is 2.79 bits per heavy atom. The molecule has 0 radical (unpaired) electrons. The topological polar surface area (TPSA) is 29.3 Å². The second-order valence-electron chi connectivity index (χ2n) is 5.81. The number of aryl methyl sites for hydroxylation is 1. The third kappa shape index (κ3) is 3.46. The van der Waals surface area contributed by atoms with Crippen LogP contribution in [-0.4, -0.2) is 29.6 Å². The fourth-order valence-corrected chi connectivity index (χ4v) is 3.91. The molecule has 2 nitrogen and oxygen atoms in total. The molecular formula is C16H26N2S. The van der Waals surface area contributed by atoms with Crippen molar-refractivity contribution in [3.8, 4) is 0 Å². The minimum Gasteiger partial charge on any atom is -0.367 e. The Balaban J connectivity index is 2.20. The predicted octanol–water partition coefficient (Wildman–Crippen LogP) is 3.21. The summed E-state index contributed by atoms with van der Waals surface area (Å²) in [5.41, 5.74) is 10.0. The van der Waals surface area contributed by atoms with Crippen molar-refractivity contribution in [1.82, 2.24) is 0 Å². The van der Waals surface area contributed by atoms with Gasteiger partial charge in [0.05, 0.1) is 0 Å². The van der Waals surface area contributed by atoms with Gasteiger partial charge in [0.25, 0.3) is 0 Å². The summed E-state index contributed by atoms with van der Waals surface area (Å²) in [6.07, 6.45) is 0.961. The highest BCUT2D eigenvalue weighted by molar-refractivity contribution is 8.00. The van der Waals surface area contributed by atoms with Gasteiger partial charge in [0.15, 0.2) is 0 Å². The van der Waals surface area contributed by atoms with Crippen LogP contribution in [0.4, 0.5) is 5.69 Å². The number of thioether (sulfide) groups is 1. The van der Waals surface area contributed by atoms with Crippen molar-refractivity contribution in [2.75, 3.05) is 17.2 Å². The fraction of sp³-hybridized carbons (Fsp3) is 0.625. The Morgan fingerprint density at radius 1 is 1.42 bits per heavy atom. The molecule has 1 aliphatic rings. The zero-order chi connectivity index (χ0) is 14.0. The first-order chi connectivity index (χ1) is 8.99. The highest BCUT2D eigenvalue weighted by atomic mass is 32.2. The van der Waals surface area contributed by atoms with Gasteiger partial charge >= 0.3 is 0 Å². The number of anilines is 1. The molecule has 0 saturated carbocycles. The lowest BCUT2D eigenvalue weighted by Gasteiger charge is -2.40. The van der Waals surface area contributed by atoms with Crippen molar-refractivity contribution in [3.63, 3.8) is 0 Å². The molecular weight excluding hydrogens is 252 g/mol. The van der Waals surface area contributed by atoms with Gasteiger partial charge in [-0.25, -0.2) is 0 Å². The van der Waals surface area contributed by atoms with E-state index in [0.717, 1.165) is 13.0 Å². The van der Waals surface area contributed by atoms with Gasteiger partial charge in [0.2, 0.25) is 0 Å². The van der Waals surface area contributed by atoms with Crippen molar-refractivity contribution in [3.05, 3.63) is 29.3 Å². The molecule has 1 saturated heterocycles. The van der Waals surface area contributed by atoms with Crippen LogP contribution >= 0.6 is 11.8 Å². The fourth-order valence-electron chi connectivity index (χ4n) is 2.81. The van der Waals surface area contributed by atoms with E-state index in [-0.39, 0.29) is 6.04 Å². The molecule has 0 bridgehead atoms. The molecule has 1 aliphatic heterocycles. The smallest absolute Gasteiger partial charge is 0.0399 e. The van der Waals surface area contributed by atoms with Gasteiger partial charge in [0, 0.05) is 35.3 Å². The lowest BCUT2D eigenvalue weighted by molar-refractivity contribution is 0.625. The van der Waals surface area contributed by atoms with E-state index in [1.807, 2.05) is 0 Å². The van der Waals surface area contributed by atoms with Crippen LogP contribution in [0.2, 0.25) is 0 Å². The van der Waals surface area contributed by atoms with E-state index in [1.54, 1.807) is 0 Å². The third-order valence-electron chi connectivity index (χ3n) is 4.01. The van der Waals surface area contributed by atoms with Crippen LogP contribution < -0.4 is 10.6 Å². The van der Waals surface area contributed by atoms with E-state index < -0.39 is 0 Å². The molecule has 19 heavy (non-hydrogen) atoms. The monoisotopic (exact) mass is 278 g/mol. The molecule has 1 aromatic rings. The van der Waals surface area contributed by atoms with Crippen LogP contribution in [0.5, 0.6) is 0 Å². The average Bonchev–Trinajstić information content (AvgIpc) is 2.33. The second-order valence-corrected chi connectivity index (χ2v) is 7.30. The van der Waals surface area contributed by atoms with Gasteiger partial charge in [-0.3, -0.25) is 0 Å². The summed E-state index contributed by atoms with van der Waals surface area (Å²) >= 11 is 2.08. The number of nitrogens with zero attached hydrogens (tertiary/aromatic N) is 1. The van der Waals surface area contributed by atoms with Crippen LogP contribution in [0.15, 0.2) is 18.2 Å². The zero-order valence-electron chi connectivity index (χ0n) is 12.5. The molecule has 1 heterocycles. The zero-order valence-corrected chi connectivity index (χ0v) is 13.3. The largest absolute Gasteiger partial charge is 0.367 e. The van der Waals surface area contributed by atoms with E-state index in [4.69, 9.17) is 5.73 Å². The predicted molar refractivity (Wildman–Crippen MR) is 87.3 cm³/mol. The SMILES string of the molecule is Cc1cc(CC(C)N)ccc1N1CCSC(C)C1C. The Hall–Kier alpha value is -0.670. The molecule has 3 heteroatoms. The van der Waals surface area contributed by atoms with Gasteiger partial charge in [-0.2, -0.15) is 11.8 Å². The number of benzene rings is 1. The van der Waals surface area contributed by atoms with Gasteiger partial charge in [-0.15, -0.1) is 0 Å². The minimum absolute atomic E-state index is 0.232. The van der Waals surface area contributed by atoms with Gasteiger partial charge in [-0.05, 0) is 44.4 Å². The Labute approximate surface area is 121 Å². The first-order valence-electron chi connectivity index (χ1n) is 7.22. The number of rotatable bonds is 3. The average molecular weight is 278 g/mol. The highest BCUT2D eigenvalue weighted by Gasteiger charge is 2.26. The Kier molecular flexibility index (Phi) is 4.80. The summed E-state index contributed by atoms with van der Waals surface area (Å²) in [7, 11) is 0. The van der Waals surface area contributed by atoms with Crippen molar-refractivity contribution in [2.24, 2.45) is 5.73 Å². The van der Waals surface area contributed by atoms with Crippen LogP contribution in [0.3, 0.4) is 0 Å². The quantitative estimate of drug-likeness (QED) is 0.920. The van der Waals surface area contributed by atoms with Crippen LogP contribution in [0.1, 0.15) is 31.9 Å². The molecule has 2 rings (SSSR count). The standard InChI is InChI=1S/C16H26N2S/c1-11-9-15(10-12(2)17)5-6-16(11)18-7-8-19-14(4)13(18)3/h5-6,9,12-14H,7-8,10,17H2,1-4H3. The summed E-state index contributed by atoms with van der Waals surface area (Å²) in [6, 6.07) is 7.67. The second kappa shape index (κ2) is 6.19. The maximum atomic E-state index is 5.88. The van der Waals surface area contributed by atoms with E-state index in [0.29, 0.717) is 11.3 Å². The molecule has 0 aromatic heterocycles. The Morgan fingerprint density at radius 2 is 2.16 bits per heavy atom. The number of hydrogen-bond donors (Lipinski definition) is 1. The molecule has 2 N–H and O–H groups in total. The molecule has 1 fully saturated rings. The van der Waals surface area contributed by atoms with Crippen LogP contribution in [0, 0.1) is 6.92 Å². The summed E-state index contributed by atoms with van der Waals surface area (Å²) in [5, 5.41) is 0.705. The molecule has 3 unspecified atom stereocenters. The van der Waals surface area contributed by atoms with Crippen molar-refractivity contribution in [1.29, 1.82) is 0 Å². The minimum atomic E-state index is 0.232. The van der Waals surface area contributed by atoms with Crippen molar-refractivity contribution in [2.45, 2.75) is 51.4 Å². The molecule has 0 amide bonds. The molecule has 1 aromatic carbocycles. The van der Waals surface area contributed by atoms with Gasteiger partial charge in [-0.1, -0.05) is 19.1 Å². The summed E-state index contributed by atoms with van der Waals surface area (Å²) in [4.78, 5) is 2.56. The van der Waals surface area contributed by atoms with E-state index in [1.165, 1.54) is 22.6 Å². The number of nitrogens with two attached hydrogens (primary N) is 1. The maximum Gasteiger partial charge on any atom is 0.0399 e. The molecule has 3 atom stereocenters. The van der Waals surface area contributed by atoms with Crippen molar-refractivity contribution < 1.29 is 0 Å². The molecule has 0 aliphatic carbocycles. The van der Waals surface area contributed by atoms with Gasteiger partial charge < -0.3 is 10.6 Å². The van der Waals surface area contributed by atoms with Crippen LogP contribution in [-0.2, 0) is 6.42 Å². The lowest BCUT2D eigenvalue weighted by atomic mass is 10.0. The van der Waals surface area contributed by atoms with E-state index in [2.05, 4.69) is 62.6 Å². The highest BCUT2D eigenvalue weighted by Crippen LogP contribution is 2.31. The van der Waals surface area contributed by atoms with Crippen LogP contribution in [0.25, 0.3) is 0 Å². The summed E-state index contributed by atoms with van der Waals surface area (Å²) in [5.74, 6) is 1.23. The maximum absolute atomic E-state index is 5.88. The van der Waals surface area contributed by atoms with E-state index in [9.17, 15) is 0 Å². The first-order valence-corrected chi connectivity index (χ1v) is 8.27. The Bertz CT molecular complexity index is 431. The lowest BCUT2D eigenvalue weighted by Crippen LogP contribution is -2.45. The van der Waals surface area contributed by atoms with Crippen molar-refractivity contribution >= 4 is 17.4 Å². The summed E-state index contributed by atoms with van der Waals surface area (Å²) in [6.45, 7) is 10.1. The van der Waals surface area contributed by atoms with Gasteiger partial charge in [0.1, 0.15) is 0 Å². The third-order valence-corrected chi connectivity index (χ3v) is 5.35.